The molecule has 0 bridgehead atoms. The number of ether oxygens (including phenoxy) is 1. The van der Waals surface area contributed by atoms with E-state index in [1.54, 1.807) is 0 Å². The van der Waals surface area contributed by atoms with Gasteiger partial charge in [0, 0.05) is 12.3 Å². The predicted molar refractivity (Wildman–Crippen MR) is 66.0 cm³/mol. The minimum Gasteiger partial charge on any atom is -0.390 e. The molecule has 4 N–H and O–H groups in total. The van der Waals surface area contributed by atoms with E-state index in [9.17, 15) is 24.9 Å². The highest BCUT2D eigenvalue weighted by Crippen LogP contribution is 2.46. The maximum atomic E-state index is 11.7. The van der Waals surface area contributed by atoms with Gasteiger partial charge in [0.1, 0.15) is 17.8 Å². The molecule has 3 rings (SSSR count). The Morgan fingerprint density at radius 2 is 2.10 bits per heavy atom. The Kier molecular flexibility index (Phi) is 3.05. The molecule has 0 amide bonds. The average molecular weight is 284 g/mol. The van der Waals surface area contributed by atoms with Crippen LogP contribution < -0.4 is 11.2 Å². The fourth-order valence-corrected chi connectivity index (χ4v) is 3.12. The van der Waals surface area contributed by atoms with E-state index in [2.05, 4.69) is 4.98 Å². The van der Waals surface area contributed by atoms with Gasteiger partial charge in [-0.05, 0) is 19.3 Å². The highest BCUT2D eigenvalue weighted by Gasteiger charge is 2.60. The summed E-state index contributed by atoms with van der Waals surface area (Å²) < 4.78 is 6.65. The van der Waals surface area contributed by atoms with Crippen LogP contribution in [0.5, 0.6) is 0 Å². The Morgan fingerprint density at radius 1 is 1.35 bits per heavy atom. The Morgan fingerprint density at radius 3 is 2.70 bits per heavy atom. The van der Waals surface area contributed by atoms with Crippen molar-refractivity contribution in [1.29, 1.82) is 0 Å². The van der Waals surface area contributed by atoms with Crippen LogP contribution in [-0.2, 0) is 4.74 Å². The summed E-state index contributed by atoms with van der Waals surface area (Å²) >= 11 is 0. The molecular weight excluding hydrogens is 268 g/mol. The molecule has 0 unspecified atom stereocenters. The van der Waals surface area contributed by atoms with Crippen LogP contribution in [0.25, 0.3) is 0 Å². The Labute approximate surface area is 113 Å². The van der Waals surface area contributed by atoms with Crippen LogP contribution in [0, 0.1) is 0 Å². The smallest absolute Gasteiger partial charge is 0.330 e. The molecule has 1 aromatic rings. The molecule has 110 valence electrons. The van der Waals surface area contributed by atoms with Gasteiger partial charge in [-0.25, -0.2) is 4.79 Å². The summed E-state index contributed by atoms with van der Waals surface area (Å²) in [6.45, 7) is 0. The minimum atomic E-state index is -1.36. The van der Waals surface area contributed by atoms with Gasteiger partial charge in [-0.15, -0.1) is 0 Å². The highest BCUT2D eigenvalue weighted by molar-refractivity contribution is 5.08. The van der Waals surface area contributed by atoms with Crippen molar-refractivity contribution in [3.05, 3.63) is 33.1 Å². The van der Waals surface area contributed by atoms with Crippen LogP contribution in [0.3, 0.4) is 0 Å². The third-order valence-corrected chi connectivity index (χ3v) is 4.19. The summed E-state index contributed by atoms with van der Waals surface area (Å²) in [5.41, 5.74) is -2.55. The van der Waals surface area contributed by atoms with E-state index in [-0.39, 0.29) is 0 Å². The Bertz CT molecular complexity index is 625. The highest BCUT2D eigenvalue weighted by atomic mass is 16.6. The molecule has 1 aromatic heterocycles. The number of hydrogen-bond donors (Lipinski definition) is 4. The largest absolute Gasteiger partial charge is 0.390 e. The van der Waals surface area contributed by atoms with Crippen molar-refractivity contribution in [2.45, 2.75) is 49.4 Å². The molecule has 8 nitrogen and oxygen atoms in total. The lowest BCUT2D eigenvalue weighted by Gasteiger charge is -2.30. The number of aromatic amines is 1. The quantitative estimate of drug-likeness (QED) is 0.476. The fourth-order valence-electron chi connectivity index (χ4n) is 3.12. The first-order chi connectivity index (χ1) is 9.45. The summed E-state index contributed by atoms with van der Waals surface area (Å²) in [6, 6.07) is 1.12. The minimum absolute atomic E-state index is 0.404. The lowest BCUT2D eigenvalue weighted by Crippen LogP contribution is -2.48. The third kappa shape index (κ3) is 1.76. The van der Waals surface area contributed by atoms with Crippen molar-refractivity contribution in [3.8, 4) is 0 Å². The number of hydrogen-bond acceptors (Lipinski definition) is 6. The maximum Gasteiger partial charge on any atom is 0.330 e. The van der Waals surface area contributed by atoms with Crippen LogP contribution in [-0.4, -0.2) is 48.8 Å². The molecule has 1 saturated heterocycles. The predicted octanol–water partition coefficient (Wildman–Crippen LogP) is -1.93. The van der Waals surface area contributed by atoms with Gasteiger partial charge in [-0.1, -0.05) is 0 Å². The van der Waals surface area contributed by atoms with Crippen LogP contribution in [0.2, 0.25) is 0 Å². The first-order valence-corrected chi connectivity index (χ1v) is 6.49. The number of H-pyrrole nitrogens is 1. The maximum absolute atomic E-state index is 11.7. The molecule has 0 radical (unpaired) electrons. The van der Waals surface area contributed by atoms with E-state index < -0.39 is 41.4 Å². The number of aliphatic hydroxyl groups is 3. The fraction of sp³-hybridized carbons (Fsp3) is 0.667. The van der Waals surface area contributed by atoms with Gasteiger partial charge in [-0.2, -0.15) is 0 Å². The van der Waals surface area contributed by atoms with E-state index in [1.165, 1.54) is 6.20 Å². The molecule has 20 heavy (non-hydrogen) atoms. The number of nitrogens with one attached hydrogen (secondary N) is 1. The average Bonchev–Trinajstić information content (AvgIpc) is 2.88. The van der Waals surface area contributed by atoms with Crippen molar-refractivity contribution in [1.82, 2.24) is 9.55 Å². The number of nitrogens with zero attached hydrogens (tertiary/aromatic N) is 1. The lowest BCUT2D eigenvalue weighted by molar-refractivity contribution is -0.149. The van der Waals surface area contributed by atoms with E-state index in [4.69, 9.17) is 4.74 Å². The van der Waals surface area contributed by atoms with E-state index >= 15 is 0 Å². The van der Waals surface area contributed by atoms with Gasteiger partial charge in [-0.3, -0.25) is 14.3 Å². The third-order valence-electron chi connectivity index (χ3n) is 4.19. The van der Waals surface area contributed by atoms with Crippen LogP contribution in [0.15, 0.2) is 21.9 Å². The zero-order chi connectivity index (χ0) is 14.5. The first-order valence-electron chi connectivity index (χ1n) is 6.49. The normalized spacial score (nSPS) is 40.5. The monoisotopic (exact) mass is 284 g/mol. The molecule has 8 heteroatoms. The van der Waals surface area contributed by atoms with Gasteiger partial charge in [0.15, 0.2) is 6.23 Å². The van der Waals surface area contributed by atoms with Gasteiger partial charge < -0.3 is 20.1 Å². The van der Waals surface area contributed by atoms with Gasteiger partial charge in [0.2, 0.25) is 0 Å². The molecule has 1 spiro atoms. The van der Waals surface area contributed by atoms with Crippen LogP contribution in [0.1, 0.15) is 25.5 Å². The molecular formula is C12H16N2O6. The number of aromatic nitrogens is 2. The van der Waals surface area contributed by atoms with Crippen LogP contribution in [0.4, 0.5) is 0 Å². The molecule has 1 saturated carbocycles. The molecule has 0 aromatic carbocycles. The summed E-state index contributed by atoms with van der Waals surface area (Å²) in [4.78, 5) is 24.8. The molecule has 2 fully saturated rings. The Balaban J connectivity index is 2.00. The zero-order valence-corrected chi connectivity index (χ0v) is 10.6. The van der Waals surface area contributed by atoms with Gasteiger partial charge in [0.25, 0.3) is 5.56 Å². The molecule has 1 aliphatic carbocycles. The standard InChI is InChI=1S/C12H16N2O6/c15-6-2-1-4-12(6)9(18)8(17)10(20-12)14-5-3-7(16)13-11(14)19/h3,5-6,8-10,15,17-18H,1-2,4H2,(H,13,16,19)/t6-,8+,9-,10+,12+/m0/s1. The summed E-state index contributed by atoms with van der Waals surface area (Å²) in [6.07, 6.45) is -1.94. The first kappa shape index (κ1) is 13.5. The zero-order valence-electron chi connectivity index (χ0n) is 10.6. The van der Waals surface area contributed by atoms with Crippen molar-refractivity contribution in [2.75, 3.05) is 0 Å². The second-order valence-electron chi connectivity index (χ2n) is 5.32. The lowest BCUT2D eigenvalue weighted by atomic mass is 9.91. The van der Waals surface area contributed by atoms with E-state index in [0.717, 1.165) is 10.6 Å². The molecule has 2 aliphatic rings. The summed E-state index contributed by atoms with van der Waals surface area (Å²) in [5.74, 6) is 0. The Hall–Kier alpha value is -1.48. The van der Waals surface area contributed by atoms with Crippen molar-refractivity contribution >= 4 is 0 Å². The SMILES string of the molecule is O=c1ccn([C@@H]2O[C@@]3(CCC[C@@H]3O)[C@@H](O)[C@H]2O)c(=O)[nH]1. The summed E-state index contributed by atoms with van der Waals surface area (Å²) in [5, 5.41) is 30.3. The second kappa shape index (κ2) is 4.52. The summed E-state index contributed by atoms with van der Waals surface area (Å²) in [7, 11) is 0. The van der Waals surface area contributed by atoms with Crippen molar-refractivity contribution in [2.24, 2.45) is 0 Å². The van der Waals surface area contributed by atoms with Crippen molar-refractivity contribution < 1.29 is 20.1 Å². The van der Waals surface area contributed by atoms with E-state index in [0.29, 0.717) is 19.3 Å². The topological polar surface area (TPSA) is 125 Å². The van der Waals surface area contributed by atoms with Crippen molar-refractivity contribution in [3.63, 3.8) is 0 Å². The number of rotatable bonds is 1. The van der Waals surface area contributed by atoms with Gasteiger partial charge in [0.05, 0.1) is 6.10 Å². The molecule has 2 heterocycles. The van der Waals surface area contributed by atoms with E-state index in [1.807, 2.05) is 0 Å². The number of aliphatic hydroxyl groups excluding tert-OH is 3. The molecule has 5 atom stereocenters. The van der Waals surface area contributed by atoms with Gasteiger partial charge >= 0.3 is 5.69 Å². The van der Waals surface area contributed by atoms with Crippen LogP contribution >= 0.6 is 0 Å². The second-order valence-corrected chi connectivity index (χ2v) is 5.32. The molecule has 1 aliphatic heterocycles.